The second-order valence-electron chi connectivity index (χ2n) is 6.13. The first-order chi connectivity index (χ1) is 14.3. The second-order valence-corrected chi connectivity index (χ2v) is 6.56. The number of carbonyl (C=O) groups is 1. The summed E-state index contributed by atoms with van der Waals surface area (Å²) in [5.74, 6) is -0.524. The number of carbonyl (C=O) groups excluding carboxylic acids is 1. The van der Waals surface area contributed by atoms with Crippen molar-refractivity contribution >= 4 is 17.6 Å². The maximum atomic E-state index is 12.9. The topological polar surface area (TPSA) is 61.3 Å². The Labute approximate surface area is 175 Å². The highest BCUT2D eigenvalue weighted by molar-refractivity contribution is 6.30. The molecule has 0 aliphatic heterocycles. The lowest BCUT2D eigenvalue weighted by molar-refractivity contribution is -0.137. The molecule has 0 aliphatic carbocycles. The minimum absolute atomic E-state index is 0.0264. The molecule has 0 aliphatic rings. The third-order valence-corrected chi connectivity index (χ3v) is 4.23. The average Bonchev–Trinajstić information content (AvgIpc) is 2.72. The van der Waals surface area contributed by atoms with Crippen LogP contribution in [-0.2, 0) is 17.5 Å². The van der Waals surface area contributed by atoms with Gasteiger partial charge in [-0.15, -0.1) is 0 Å². The van der Waals surface area contributed by atoms with Crippen LogP contribution in [0.25, 0.3) is 11.4 Å². The van der Waals surface area contributed by atoms with Gasteiger partial charge in [0.05, 0.1) is 12.2 Å². The summed E-state index contributed by atoms with van der Waals surface area (Å²) in [5.41, 5.74) is 0.0744. The Kier molecular flexibility index (Phi) is 6.56. The Morgan fingerprint density at radius 3 is 2.53 bits per heavy atom. The molecule has 2 aromatic carbocycles. The van der Waals surface area contributed by atoms with Gasteiger partial charge in [0.15, 0.2) is 5.82 Å². The number of halogens is 4. The van der Waals surface area contributed by atoms with Gasteiger partial charge >= 0.3 is 12.1 Å². The van der Waals surface area contributed by atoms with E-state index in [4.69, 9.17) is 21.1 Å². The fourth-order valence-electron chi connectivity index (χ4n) is 2.55. The maximum absolute atomic E-state index is 12.9. The van der Waals surface area contributed by atoms with Crippen molar-refractivity contribution < 1.29 is 27.4 Å². The van der Waals surface area contributed by atoms with Crippen molar-refractivity contribution in [3.05, 3.63) is 76.4 Å². The molecule has 3 aromatic rings. The number of ether oxygens (including phenoxy) is 2. The molecule has 3 rings (SSSR count). The van der Waals surface area contributed by atoms with Gasteiger partial charge in [-0.25, -0.2) is 9.78 Å². The molecule has 156 valence electrons. The summed E-state index contributed by atoms with van der Waals surface area (Å²) in [4.78, 5) is 20.6. The van der Waals surface area contributed by atoms with Crippen molar-refractivity contribution in [2.75, 3.05) is 6.61 Å². The van der Waals surface area contributed by atoms with E-state index in [1.165, 1.54) is 18.3 Å². The summed E-state index contributed by atoms with van der Waals surface area (Å²) in [5, 5.41) is 0.530. The Balaban J connectivity index is 1.91. The molecule has 0 radical (unpaired) electrons. The van der Waals surface area contributed by atoms with Crippen LogP contribution < -0.4 is 4.74 Å². The largest absolute Gasteiger partial charge is 0.472 e. The van der Waals surface area contributed by atoms with Crippen molar-refractivity contribution in [3.63, 3.8) is 0 Å². The van der Waals surface area contributed by atoms with Gasteiger partial charge in [0.2, 0.25) is 5.88 Å². The summed E-state index contributed by atoms with van der Waals surface area (Å²) in [6.45, 7) is 1.54. The highest BCUT2D eigenvalue weighted by Crippen LogP contribution is 2.30. The third-order valence-electron chi connectivity index (χ3n) is 3.98. The van der Waals surface area contributed by atoms with Crippen LogP contribution >= 0.6 is 11.6 Å². The fraction of sp³-hybridized carbons (Fsp3) is 0.190. The van der Waals surface area contributed by atoms with E-state index in [1.54, 1.807) is 31.2 Å². The predicted octanol–water partition coefficient (Wildman–Crippen LogP) is 5.57. The SMILES string of the molecule is CCOC(=O)c1cnc(-c2ccc(Cl)cc2)nc1OCc1cccc(C(F)(F)F)c1. The Hall–Kier alpha value is -3.13. The highest BCUT2D eigenvalue weighted by atomic mass is 35.5. The first-order valence-electron chi connectivity index (χ1n) is 8.87. The van der Waals surface area contributed by atoms with Gasteiger partial charge in [0, 0.05) is 16.8 Å². The zero-order valence-corrected chi connectivity index (χ0v) is 16.5. The minimum atomic E-state index is -4.47. The summed E-state index contributed by atoms with van der Waals surface area (Å²) >= 11 is 5.89. The van der Waals surface area contributed by atoms with E-state index in [2.05, 4.69) is 9.97 Å². The lowest BCUT2D eigenvalue weighted by Crippen LogP contribution is -2.11. The van der Waals surface area contributed by atoms with E-state index in [9.17, 15) is 18.0 Å². The van der Waals surface area contributed by atoms with Gasteiger partial charge < -0.3 is 9.47 Å². The molecule has 0 N–H and O–H groups in total. The second kappa shape index (κ2) is 9.13. The van der Waals surface area contributed by atoms with Crippen molar-refractivity contribution in [2.45, 2.75) is 19.7 Å². The predicted molar refractivity (Wildman–Crippen MR) is 104 cm³/mol. The fourth-order valence-corrected chi connectivity index (χ4v) is 2.68. The Morgan fingerprint density at radius 2 is 1.87 bits per heavy atom. The van der Waals surface area contributed by atoms with E-state index in [-0.39, 0.29) is 36.0 Å². The molecule has 0 amide bonds. The van der Waals surface area contributed by atoms with E-state index in [0.717, 1.165) is 12.1 Å². The zero-order chi connectivity index (χ0) is 21.7. The molecule has 0 saturated carbocycles. The summed E-state index contributed by atoms with van der Waals surface area (Å²) in [6, 6.07) is 11.4. The normalized spacial score (nSPS) is 11.2. The van der Waals surface area contributed by atoms with Crippen LogP contribution in [0, 0.1) is 0 Å². The summed E-state index contributed by atoms with van der Waals surface area (Å²) in [7, 11) is 0. The van der Waals surface area contributed by atoms with Crippen LogP contribution in [0.2, 0.25) is 5.02 Å². The molecule has 1 aromatic heterocycles. The van der Waals surface area contributed by atoms with Gasteiger partial charge in [-0.1, -0.05) is 23.7 Å². The molecule has 0 spiro atoms. The van der Waals surface area contributed by atoms with Crippen molar-refractivity contribution in [3.8, 4) is 17.3 Å². The van der Waals surface area contributed by atoms with E-state index in [0.29, 0.717) is 10.6 Å². The van der Waals surface area contributed by atoms with Gasteiger partial charge in [-0.05, 0) is 48.9 Å². The van der Waals surface area contributed by atoms with E-state index >= 15 is 0 Å². The number of benzene rings is 2. The lowest BCUT2D eigenvalue weighted by atomic mass is 10.1. The van der Waals surface area contributed by atoms with Crippen LogP contribution in [0.3, 0.4) is 0 Å². The Bertz CT molecular complexity index is 1040. The molecular weight excluding hydrogens is 421 g/mol. The van der Waals surface area contributed by atoms with Crippen LogP contribution in [0.5, 0.6) is 5.88 Å². The van der Waals surface area contributed by atoms with Gasteiger partial charge in [0.25, 0.3) is 0 Å². The van der Waals surface area contributed by atoms with Crippen molar-refractivity contribution in [1.29, 1.82) is 0 Å². The zero-order valence-electron chi connectivity index (χ0n) is 15.7. The van der Waals surface area contributed by atoms with Crippen LogP contribution in [0.4, 0.5) is 13.2 Å². The van der Waals surface area contributed by atoms with Gasteiger partial charge in [0.1, 0.15) is 12.2 Å². The first kappa shape index (κ1) is 21.6. The average molecular weight is 437 g/mol. The molecule has 0 bridgehead atoms. The van der Waals surface area contributed by atoms with Crippen molar-refractivity contribution in [2.24, 2.45) is 0 Å². The molecule has 1 heterocycles. The number of esters is 1. The monoisotopic (exact) mass is 436 g/mol. The first-order valence-corrected chi connectivity index (χ1v) is 9.24. The number of hydrogen-bond donors (Lipinski definition) is 0. The number of rotatable bonds is 6. The molecule has 0 unspecified atom stereocenters. The van der Waals surface area contributed by atoms with Crippen LogP contribution in [0.1, 0.15) is 28.4 Å². The molecule has 9 heteroatoms. The molecule has 30 heavy (non-hydrogen) atoms. The highest BCUT2D eigenvalue weighted by Gasteiger charge is 2.30. The summed E-state index contributed by atoms with van der Waals surface area (Å²) in [6.07, 6.45) is -3.21. The quantitative estimate of drug-likeness (QED) is 0.473. The van der Waals surface area contributed by atoms with Gasteiger partial charge in [-0.2, -0.15) is 18.2 Å². The standard InChI is InChI=1S/C21H16ClF3N2O3/c1-2-29-20(28)17-11-26-18(14-6-8-16(22)9-7-14)27-19(17)30-12-13-4-3-5-15(10-13)21(23,24)25/h3-11H,2,12H2,1H3. The Morgan fingerprint density at radius 1 is 1.13 bits per heavy atom. The molecule has 0 atom stereocenters. The number of nitrogens with zero attached hydrogens (tertiary/aromatic N) is 2. The molecular formula is C21H16ClF3N2O3. The van der Waals surface area contributed by atoms with E-state index < -0.39 is 17.7 Å². The van der Waals surface area contributed by atoms with E-state index in [1.807, 2.05) is 0 Å². The summed E-state index contributed by atoms with van der Waals surface area (Å²) < 4.78 is 49.3. The van der Waals surface area contributed by atoms with Crippen molar-refractivity contribution in [1.82, 2.24) is 9.97 Å². The molecule has 0 saturated heterocycles. The number of hydrogen-bond acceptors (Lipinski definition) is 5. The lowest BCUT2D eigenvalue weighted by Gasteiger charge is -2.12. The van der Waals surface area contributed by atoms with Gasteiger partial charge in [-0.3, -0.25) is 0 Å². The molecule has 5 nitrogen and oxygen atoms in total. The maximum Gasteiger partial charge on any atom is 0.416 e. The smallest absolute Gasteiger partial charge is 0.416 e. The number of aromatic nitrogens is 2. The number of alkyl halides is 3. The van der Waals surface area contributed by atoms with Crippen LogP contribution in [-0.4, -0.2) is 22.5 Å². The molecule has 0 fully saturated rings. The third kappa shape index (κ3) is 5.27. The minimum Gasteiger partial charge on any atom is -0.472 e. The van der Waals surface area contributed by atoms with Crippen LogP contribution in [0.15, 0.2) is 54.7 Å².